The molecule has 3 heteroatoms. The fraction of sp³-hybridized carbons (Fsp3) is 0.300. The molecule has 0 aliphatic rings. The van der Waals surface area contributed by atoms with E-state index in [0.29, 0.717) is 0 Å². The lowest BCUT2D eigenvalue weighted by molar-refractivity contribution is 0.178. The zero-order valence-corrected chi connectivity index (χ0v) is 7.50. The number of nitrogens with one attached hydrogen (secondary N) is 1. The number of nitrogens with zero attached hydrogens (tertiary/aromatic N) is 1. The number of para-hydroxylation sites is 1. The minimum Gasteiger partial charge on any atom is -0.342 e. The Morgan fingerprint density at radius 3 is 3.00 bits per heavy atom. The van der Waals surface area contributed by atoms with Gasteiger partial charge in [-0.2, -0.15) is 0 Å². The summed E-state index contributed by atoms with van der Waals surface area (Å²) in [6, 6.07) is 5.66. The zero-order chi connectivity index (χ0) is 9.26. The highest BCUT2D eigenvalue weighted by molar-refractivity contribution is 5.78. The number of hydrogen-bond acceptors (Lipinski definition) is 1. The van der Waals surface area contributed by atoms with Gasteiger partial charge < -0.3 is 4.98 Å². The van der Waals surface area contributed by atoms with Crippen LogP contribution in [0.15, 0.2) is 18.2 Å². The highest BCUT2D eigenvalue weighted by Gasteiger charge is 2.04. The second kappa shape index (κ2) is 3.18. The molecule has 67 valence electrons. The molecule has 1 heterocycles. The van der Waals surface area contributed by atoms with Crippen molar-refractivity contribution in [2.24, 2.45) is 0 Å². The van der Waals surface area contributed by atoms with E-state index in [4.69, 9.17) is 0 Å². The first kappa shape index (κ1) is 8.26. The van der Waals surface area contributed by atoms with E-state index in [2.05, 4.69) is 9.97 Å². The molecule has 0 unspecified atom stereocenters. The molecule has 0 amide bonds. The number of rotatable bonds is 2. The van der Waals surface area contributed by atoms with Crippen LogP contribution in [0.2, 0.25) is 0 Å². The summed E-state index contributed by atoms with van der Waals surface area (Å²) < 4.78 is 0. The van der Waals surface area contributed by atoms with Gasteiger partial charge in [0.25, 0.3) is 0 Å². The summed E-state index contributed by atoms with van der Waals surface area (Å²) in [6.45, 7) is 1.83. The summed E-state index contributed by atoms with van der Waals surface area (Å²) in [5.41, 5.74) is 2.56. The van der Waals surface area contributed by atoms with E-state index in [-0.39, 0.29) is 6.61 Å². The Labute approximate surface area is 76.4 Å². The smallest absolute Gasteiger partial charge is 0.109 e. The van der Waals surface area contributed by atoms with Gasteiger partial charge in [-0.1, -0.05) is 19.1 Å². The molecule has 1 aromatic carbocycles. The molecule has 1 radical (unpaired) electrons. The van der Waals surface area contributed by atoms with Gasteiger partial charge in [0, 0.05) is 12.0 Å². The Balaban J connectivity index is 2.67. The number of imidazole rings is 1. The van der Waals surface area contributed by atoms with Crippen LogP contribution in [-0.2, 0) is 18.1 Å². The van der Waals surface area contributed by atoms with Gasteiger partial charge >= 0.3 is 0 Å². The van der Waals surface area contributed by atoms with Gasteiger partial charge in [-0.25, -0.2) is 10.1 Å². The largest absolute Gasteiger partial charge is 0.342 e. The Bertz CT molecular complexity index is 420. The molecule has 0 spiro atoms. The van der Waals surface area contributed by atoms with Crippen molar-refractivity contribution in [2.45, 2.75) is 20.0 Å². The van der Waals surface area contributed by atoms with Crippen molar-refractivity contribution >= 4 is 11.0 Å². The lowest BCUT2D eigenvalue weighted by Crippen LogP contribution is -1.83. The van der Waals surface area contributed by atoms with Gasteiger partial charge in [-0.05, 0) is 6.07 Å². The van der Waals surface area contributed by atoms with Gasteiger partial charge in [-0.3, -0.25) is 0 Å². The lowest BCUT2D eigenvalue weighted by Gasteiger charge is -1.93. The van der Waals surface area contributed by atoms with Crippen molar-refractivity contribution in [3.05, 3.63) is 29.6 Å². The molecule has 0 aliphatic heterocycles. The molecule has 0 saturated heterocycles. The van der Waals surface area contributed by atoms with E-state index >= 15 is 0 Å². The molecular formula is C10H11N2O. The number of hydrogen-bond donors (Lipinski definition) is 1. The van der Waals surface area contributed by atoms with Gasteiger partial charge in [0.2, 0.25) is 0 Å². The molecule has 0 aliphatic carbocycles. The molecule has 0 bridgehead atoms. The van der Waals surface area contributed by atoms with Crippen molar-refractivity contribution in [2.75, 3.05) is 0 Å². The summed E-state index contributed by atoms with van der Waals surface area (Å²) >= 11 is 0. The van der Waals surface area contributed by atoms with Crippen LogP contribution in [0.25, 0.3) is 11.0 Å². The van der Waals surface area contributed by atoms with Crippen LogP contribution in [0.5, 0.6) is 0 Å². The van der Waals surface area contributed by atoms with Gasteiger partial charge in [0.05, 0.1) is 11.0 Å². The van der Waals surface area contributed by atoms with Crippen LogP contribution >= 0.6 is 0 Å². The van der Waals surface area contributed by atoms with E-state index in [1.807, 2.05) is 25.1 Å². The third-order valence-electron chi connectivity index (χ3n) is 2.14. The monoisotopic (exact) mass is 175 g/mol. The first-order chi connectivity index (χ1) is 6.35. The van der Waals surface area contributed by atoms with E-state index in [1.165, 1.54) is 0 Å². The molecule has 1 N–H and O–H groups in total. The SMILES string of the molecule is CCc1nc2c(C[O])cccc2[nH]1. The number of aryl methyl sites for hydroxylation is 1. The van der Waals surface area contributed by atoms with Crippen molar-refractivity contribution < 1.29 is 5.11 Å². The highest BCUT2D eigenvalue weighted by atomic mass is 16.3. The third kappa shape index (κ3) is 1.31. The van der Waals surface area contributed by atoms with Crippen LogP contribution in [-0.4, -0.2) is 9.97 Å². The number of fused-ring (bicyclic) bond motifs is 1. The fourth-order valence-electron chi connectivity index (χ4n) is 1.43. The first-order valence-electron chi connectivity index (χ1n) is 4.39. The molecule has 2 rings (SSSR count). The van der Waals surface area contributed by atoms with Crippen molar-refractivity contribution in [1.29, 1.82) is 0 Å². The Morgan fingerprint density at radius 1 is 1.46 bits per heavy atom. The van der Waals surface area contributed by atoms with E-state index in [1.54, 1.807) is 0 Å². The molecule has 1 aromatic heterocycles. The van der Waals surface area contributed by atoms with Gasteiger partial charge in [-0.15, -0.1) is 0 Å². The fourth-order valence-corrected chi connectivity index (χ4v) is 1.43. The molecule has 0 atom stereocenters. The number of aromatic amines is 1. The zero-order valence-electron chi connectivity index (χ0n) is 7.50. The number of H-pyrrole nitrogens is 1. The van der Waals surface area contributed by atoms with Gasteiger partial charge in [0.1, 0.15) is 12.4 Å². The summed E-state index contributed by atoms with van der Waals surface area (Å²) in [4.78, 5) is 7.52. The number of aromatic nitrogens is 2. The average molecular weight is 175 g/mol. The minimum absolute atomic E-state index is 0.203. The Morgan fingerprint density at radius 2 is 2.31 bits per heavy atom. The Kier molecular flexibility index (Phi) is 2.02. The van der Waals surface area contributed by atoms with Crippen LogP contribution in [0.4, 0.5) is 0 Å². The number of benzene rings is 1. The summed E-state index contributed by atoms with van der Waals surface area (Å²) in [7, 11) is 0. The molecular weight excluding hydrogens is 164 g/mol. The first-order valence-corrected chi connectivity index (χ1v) is 4.39. The predicted molar refractivity (Wildman–Crippen MR) is 49.9 cm³/mol. The molecule has 13 heavy (non-hydrogen) atoms. The summed E-state index contributed by atoms with van der Waals surface area (Å²) in [6.07, 6.45) is 0.868. The van der Waals surface area contributed by atoms with Crippen LogP contribution < -0.4 is 0 Å². The maximum absolute atomic E-state index is 10.8. The minimum atomic E-state index is -0.203. The maximum Gasteiger partial charge on any atom is 0.109 e. The molecule has 0 saturated carbocycles. The highest BCUT2D eigenvalue weighted by Crippen LogP contribution is 2.16. The normalized spacial score (nSPS) is 10.9. The van der Waals surface area contributed by atoms with Crippen LogP contribution in [0.3, 0.4) is 0 Å². The second-order valence-corrected chi connectivity index (χ2v) is 2.99. The van der Waals surface area contributed by atoms with Gasteiger partial charge in [0.15, 0.2) is 0 Å². The van der Waals surface area contributed by atoms with Crippen LogP contribution in [0.1, 0.15) is 18.3 Å². The van der Waals surface area contributed by atoms with Crippen molar-refractivity contribution in [1.82, 2.24) is 9.97 Å². The van der Waals surface area contributed by atoms with E-state index in [9.17, 15) is 5.11 Å². The molecule has 0 fully saturated rings. The predicted octanol–water partition coefficient (Wildman–Crippen LogP) is 2.06. The topological polar surface area (TPSA) is 48.6 Å². The average Bonchev–Trinajstić information content (AvgIpc) is 2.59. The van der Waals surface area contributed by atoms with Crippen molar-refractivity contribution in [3.63, 3.8) is 0 Å². The van der Waals surface area contributed by atoms with Crippen molar-refractivity contribution in [3.8, 4) is 0 Å². The second-order valence-electron chi connectivity index (χ2n) is 2.99. The molecule has 2 aromatic rings. The van der Waals surface area contributed by atoms with E-state index < -0.39 is 0 Å². The maximum atomic E-state index is 10.8. The summed E-state index contributed by atoms with van der Waals surface area (Å²) in [5.74, 6) is 0.941. The Hall–Kier alpha value is -1.35. The molecule has 3 nitrogen and oxygen atoms in total. The standard InChI is InChI=1S/C10H11N2O/c1-2-9-11-8-5-3-4-7(6-13)10(8)12-9/h3-5H,2,6H2,1H3,(H,11,12). The van der Waals surface area contributed by atoms with E-state index in [0.717, 1.165) is 28.8 Å². The van der Waals surface area contributed by atoms with Crippen LogP contribution in [0, 0.1) is 0 Å². The quantitative estimate of drug-likeness (QED) is 0.746. The third-order valence-corrected chi connectivity index (χ3v) is 2.14. The summed E-state index contributed by atoms with van der Waals surface area (Å²) in [5, 5.41) is 10.8. The lowest BCUT2D eigenvalue weighted by atomic mass is 10.2.